The van der Waals surface area contributed by atoms with Gasteiger partial charge in [0.1, 0.15) is 11.7 Å². The molecule has 0 heterocycles. The van der Waals surface area contributed by atoms with Gasteiger partial charge in [-0.25, -0.2) is 13.6 Å². The Morgan fingerprint density at radius 3 is 2.53 bits per heavy atom. The van der Waals surface area contributed by atoms with Gasteiger partial charge in [-0.2, -0.15) is 5.26 Å². The summed E-state index contributed by atoms with van der Waals surface area (Å²) < 4.78 is 31.8. The third-order valence-electron chi connectivity index (χ3n) is 2.10. The van der Waals surface area contributed by atoms with Crippen molar-refractivity contribution in [3.05, 3.63) is 34.9 Å². The second-order valence-corrected chi connectivity index (χ2v) is 4.87. The zero-order chi connectivity index (χ0) is 14.6. The Bertz CT molecular complexity index is 531. The molecule has 6 heteroatoms. The first-order valence-corrected chi connectivity index (χ1v) is 5.58. The fourth-order valence-electron chi connectivity index (χ4n) is 1.29. The largest absolute Gasteiger partial charge is 0.444 e. The van der Waals surface area contributed by atoms with E-state index in [-0.39, 0.29) is 17.7 Å². The first-order chi connectivity index (χ1) is 8.74. The van der Waals surface area contributed by atoms with E-state index in [1.54, 1.807) is 20.8 Å². The minimum Gasteiger partial charge on any atom is -0.444 e. The Kier molecular flexibility index (Phi) is 4.43. The molecule has 1 N–H and O–H groups in total. The lowest BCUT2D eigenvalue weighted by atomic mass is 10.1. The van der Waals surface area contributed by atoms with Crippen molar-refractivity contribution in [2.45, 2.75) is 32.9 Å². The summed E-state index contributed by atoms with van der Waals surface area (Å²) in [5.41, 5.74) is -1.10. The smallest absolute Gasteiger partial charge is 0.407 e. The van der Waals surface area contributed by atoms with Crippen LogP contribution in [0.15, 0.2) is 12.1 Å². The number of halogens is 2. The molecule has 0 aromatic heterocycles. The van der Waals surface area contributed by atoms with Gasteiger partial charge in [0, 0.05) is 12.1 Å². The Labute approximate surface area is 110 Å². The van der Waals surface area contributed by atoms with Crippen LogP contribution in [0.1, 0.15) is 31.9 Å². The zero-order valence-electron chi connectivity index (χ0n) is 10.9. The SMILES string of the molecule is CC(C)(C)OC(=O)NCc1ccc(C#N)c(F)c1F. The van der Waals surface area contributed by atoms with E-state index in [4.69, 9.17) is 10.00 Å². The van der Waals surface area contributed by atoms with E-state index >= 15 is 0 Å². The molecule has 0 fully saturated rings. The Balaban J connectivity index is 2.72. The second kappa shape index (κ2) is 5.65. The van der Waals surface area contributed by atoms with Crippen LogP contribution in [0.3, 0.4) is 0 Å². The molecule has 0 radical (unpaired) electrons. The molecule has 19 heavy (non-hydrogen) atoms. The van der Waals surface area contributed by atoms with Crippen molar-refractivity contribution in [3.8, 4) is 6.07 Å². The van der Waals surface area contributed by atoms with Gasteiger partial charge in [-0.15, -0.1) is 0 Å². The van der Waals surface area contributed by atoms with Crippen molar-refractivity contribution in [1.29, 1.82) is 5.26 Å². The highest BCUT2D eigenvalue weighted by molar-refractivity contribution is 5.67. The molecule has 0 saturated heterocycles. The molecule has 0 saturated carbocycles. The highest BCUT2D eigenvalue weighted by Crippen LogP contribution is 2.16. The average Bonchev–Trinajstić information content (AvgIpc) is 2.29. The van der Waals surface area contributed by atoms with E-state index < -0.39 is 23.3 Å². The van der Waals surface area contributed by atoms with Gasteiger partial charge in [0.15, 0.2) is 11.6 Å². The van der Waals surface area contributed by atoms with E-state index in [0.29, 0.717) is 0 Å². The van der Waals surface area contributed by atoms with E-state index in [0.717, 1.165) is 6.07 Å². The normalized spacial score (nSPS) is 10.7. The van der Waals surface area contributed by atoms with Crippen molar-refractivity contribution in [1.82, 2.24) is 5.32 Å². The number of amides is 1. The third-order valence-corrected chi connectivity index (χ3v) is 2.10. The lowest BCUT2D eigenvalue weighted by Gasteiger charge is -2.19. The summed E-state index contributed by atoms with van der Waals surface area (Å²) in [5.74, 6) is -2.36. The lowest BCUT2D eigenvalue weighted by molar-refractivity contribution is 0.0523. The molecule has 0 aliphatic rings. The van der Waals surface area contributed by atoms with Crippen LogP contribution in [-0.4, -0.2) is 11.7 Å². The molecule has 0 unspecified atom stereocenters. The summed E-state index contributed by atoms with van der Waals surface area (Å²) in [6, 6.07) is 3.93. The molecule has 102 valence electrons. The van der Waals surface area contributed by atoms with Gasteiger partial charge in [-0.05, 0) is 26.8 Å². The first kappa shape index (κ1) is 14.9. The standard InChI is InChI=1S/C13H14F2N2O2/c1-13(2,3)19-12(18)17-7-9-5-4-8(6-16)10(14)11(9)15/h4-5H,7H2,1-3H3,(H,17,18). The maximum atomic E-state index is 13.5. The van der Waals surface area contributed by atoms with Gasteiger partial charge in [0.25, 0.3) is 0 Å². The number of benzene rings is 1. The molecule has 1 aromatic carbocycles. The molecule has 1 aromatic rings. The molecular formula is C13H14F2N2O2. The summed E-state index contributed by atoms with van der Waals surface area (Å²) in [6.07, 6.45) is -0.725. The Morgan fingerprint density at radius 2 is 2.00 bits per heavy atom. The number of carbonyl (C=O) groups excluding carboxylic acids is 1. The molecular weight excluding hydrogens is 254 g/mol. The highest BCUT2D eigenvalue weighted by atomic mass is 19.2. The minimum atomic E-state index is -1.22. The lowest BCUT2D eigenvalue weighted by Crippen LogP contribution is -2.32. The summed E-state index contributed by atoms with van der Waals surface area (Å²) >= 11 is 0. The average molecular weight is 268 g/mol. The number of hydrogen-bond donors (Lipinski definition) is 1. The Hall–Kier alpha value is -2.16. The fourth-order valence-corrected chi connectivity index (χ4v) is 1.29. The van der Waals surface area contributed by atoms with Crippen LogP contribution < -0.4 is 5.32 Å². The quantitative estimate of drug-likeness (QED) is 0.897. The van der Waals surface area contributed by atoms with Gasteiger partial charge < -0.3 is 10.1 Å². The van der Waals surface area contributed by atoms with Crippen LogP contribution in [0.25, 0.3) is 0 Å². The van der Waals surface area contributed by atoms with Crippen LogP contribution in [0.5, 0.6) is 0 Å². The van der Waals surface area contributed by atoms with Gasteiger partial charge in [-0.1, -0.05) is 6.07 Å². The number of alkyl carbamates (subject to hydrolysis) is 1. The number of hydrogen-bond acceptors (Lipinski definition) is 3. The molecule has 4 nitrogen and oxygen atoms in total. The predicted octanol–water partition coefficient (Wildman–Crippen LogP) is 2.86. The maximum Gasteiger partial charge on any atom is 0.407 e. The maximum absolute atomic E-state index is 13.5. The number of nitrogens with one attached hydrogen (secondary N) is 1. The van der Waals surface area contributed by atoms with Crippen LogP contribution in [0, 0.1) is 23.0 Å². The van der Waals surface area contributed by atoms with Gasteiger partial charge in [-0.3, -0.25) is 0 Å². The molecule has 1 rings (SSSR count). The van der Waals surface area contributed by atoms with Crippen molar-refractivity contribution >= 4 is 6.09 Å². The van der Waals surface area contributed by atoms with Crippen LogP contribution in [0.2, 0.25) is 0 Å². The topological polar surface area (TPSA) is 62.1 Å². The zero-order valence-corrected chi connectivity index (χ0v) is 10.9. The molecule has 1 amide bonds. The van der Waals surface area contributed by atoms with Crippen molar-refractivity contribution in [2.24, 2.45) is 0 Å². The van der Waals surface area contributed by atoms with Crippen molar-refractivity contribution < 1.29 is 18.3 Å². The number of rotatable bonds is 2. The minimum absolute atomic E-state index is 0.0534. The monoisotopic (exact) mass is 268 g/mol. The summed E-state index contributed by atoms with van der Waals surface area (Å²) in [6.45, 7) is 4.85. The van der Waals surface area contributed by atoms with Gasteiger partial charge >= 0.3 is 6.09 Å². The Morgan fingerprint density at radius 1 is 1.37 bits per heavy atom. The van der Waals surface area contributed by atoms with Gasteiger partial charge in [0.05, 0.1) is 5.56 Å². The molecule has 0 aliphatic heterocycles. The van der Waals surface area contributed by atoms with Crippen LogP contribution in [0.4, 0.5) is 13.6 Å². The summed E-state index contributed by atoms with van der Waals surface area (Å²) in [4.78, 5) is 11.3. The number of ether oxygens (including phenoxy) is 1. The van der Waals surface area contributed by atoms with Gasteiger partial charge in [0.2, 0.25) is 0 Å². The summed E-state index contributed by atoms with van der Waals surface area (Å²) in [5, 5.41) is 10.8. The third kappa shape index (κ3) is 4.21. The van der Waals surface area contributed by atoms with Crippen molar-refractivity contribution in [2.75, 3.05) is 0 Å². The number of nitriles is 1. The molecule has 0 bridgehead atoms. The van der Waals surface area contributed by atoms with E-state index in [1.165, 1.54) is 12.1 Å². The van der Waals surface area contributed by atoms with E-state index in [1.807, 2.05) is 0 Å². The highest BCUT2D eigenvalue weighted by Gasteiger charge is 2.17. The molecule has 0 atom stereocenters. The van der Waals surface area contributed by atoms with Crippen LogP contribution in [-0.2, 0) is 11.3 Å². The van der Waals surface area contributed by atoms with E-state index in [9.17, 15) is 13.6 Å². The molecule has 0 aliphatic carbocycles. The number of nitrogens with zero attached hydrogens (tertiary/aromatic N) is 1. The van der Waals surface area contributed by atoms with Crippen LogP contribution >= 0.6 is 0 Å². The second-order valence-electron chi connectivity index (χ2n) is 4.87. The number of carbonyl (C=O) groups is 1. The van der Waals surface area contributed by atoms with E-state index in [2.05, 4.69) is 5.32 Å². The summed E-state index contributed by atoms with van der Waals surface area (Å²) in [7, 11) is 0. The fraction of sp³-hybridized carbons (Fsp3) is 0.385. The molecule has 0 spiro atoms. The first-order valence-electron chi connectivity index (χ1n) is 5.58. The predicted molar refractivity (Wildman–Crippen MR) is 64.1 cm³/mol. The van der Waals surface area contributed by atoms with Crippen molar-refractivity contribution in [3.63, 3.8) is 0 Å².